The van der Waals surface area contributed by atoms with Crippen LogP contribution in [0.3, 0.4) is 0 Å². The molecule has 1 rings (SSSR count). The lowest BCUT2D eigenvalue weighted by Crippen LogP contribution is -2.19. The molecular formula is C14H17NO4. The number of hydrogen-bond donors (Lipinski definition) is 2. The molecule has 0 aliphatic rings. The topological polar surface area (TPSA) is 75.6 Å². The number of carbonyl (C=O) groups is 2. The second kappa shape index (κ2) is 7.20. The molecule has 0 spiro atoms. The van der Waals surface area contributed by atoms with E-state index in [-0.39, 0.29) is 5.57 Å². The Morgan fingerprint density at radius 2 is 2.00 bits per heavy atom. The molecule has 2 N–H and O–H groups in total. The van der Waals surface area contributed by atoms with Crippen LogP contribution in [0.25, 0.3) is 0 Å². The van der Waals surface area contributed by atoms with E-state index in [0.29, 0.717) is 12.1 Å². The number of carboxylic acids is 1. The first-order chi connectivity index (χ1) is 8.99. The lowest BCUT2D eigenvalue weighted by atomic mass is 10.2. The van der Waals surface area contributed by atoms with Crippen LogP contribution in [0.15, 0.2) is 42.0 Å². The molecule has 0 aromatic heterocycles. The Morgan fingerprint density at radius 3 is 2.58 bits per heavy atom. The molecule has 0 aliphatic carbocycles. The minimum absolute atomic E-state index is 0.235. The van der Waals surface area contributed by atoms with Gasteiger partial charge < -0.3 is 9.84 Å². The van der Waals surface area contributed by atoms with Crippen LogP contribution in [0, 0.1) is 0 Å². The molecular weight excluding hydrogens is 246 g/mol. The Morgan fingerprint density at radius 1 is 1.37 bits per heavy atom. The van der Waals surface area contributed by atoms with Crippen molar-refractivity contribution in [3.63, 3.8) is 0 Å². The Labute approximate surface area is 111 Å². The summed E-state index contributed by atoms with van der Waals surface area (Å²) in [6.45, 7) is 3.20. The minimum Gasteiger partial charge on any atom is -0.478 e. The monoisotopic (exact) mass is 263 g/mol. The summed E-state index contributed by atoms with van der Waals surface area (Å²) in [5.74, 6) is -0.971. The van der Waals surface area contributed by atoms with E-state index in [0.717, 1.165) is 0 Å². The number of rotatable bonds is 5. The third-order valence-electron chi connectivity index (χ3n) is 2.42. The van der Waals surface area contributed by atoms with Gasteiger partial charge in [-0.25, -0.2) is 9.59 Å². The van der Waals surface area contributed by atoms with E-state index >= 15 is 0 Å². The maximum atomic E-state index is 11.5. The number of nitrogens with one attached hydrogen (secondary N) is 1. The zero-order chi connectivity index (χ0) is 14.3. The molecule has 0 fully saturated rings. The lowest BCUT2D eigenvalue weighted by molar-refractivity contribution is -0.132. The summed E-state index contributed by atoms with van der Waals surface area (Å²) in [6.07, 6.45) is 0.946. The van der Waals surface area contributed by atoms with Gasteiger partial charge >= 0.3 is 12.1 Å². The zero-order valence-corrected chi connectivity index (χ0v) is 10.9. The maximum Gasteiger partial charge on any atom is 0.411 e. The van der Waals surface area contributed by atoms with Crippen molar-refractivity contribution >= 4 is 17.7 Å². The first-order valence-corrected chi connectivity index (χ1v) is 5.91. The van der Waals surface area contributed by atoms with Crippen LogP contribution < -0.4 is 5.32 Å². The Hall–Kier alpha value is -2.30. The lowest BCUT2D eigenvalue weighted by Gasteiger charge is -2.12. The Kier molecular flexibility index (Phi) is 5.60. The molecule has 19 heavy (non-hydrogen) atoms. The van der Waals surface area contributed by atoms with Gasteiger partial charge in [0.1, 0.15) is 6.10 Å². The number of carboxylic acid groups (broad SMARTS) is 1. The van der Waals surface area contributed by atoms with Crippen LogP contribution in [0.4, 0.5) is 10.5 Å². The van der Waals surface area contributed by atoms with E-state index in [1.54, 1.807) is 31.2 Å². The van der Waals surface area contributed by atoms with E-state index in [2.05, 4.69) is 5.32 Å². The molecule has 0 heterocycles. The SMILES string of the molecule is CC(=CCC(C)OC(=O)Nc1ccccc1)C(=O)O. The van der Waals surface area contributed by atoms with Crippen molar-refractivity contribution in [2.75, 3.05) is 5.32 Å². The van der Waals surface area contributed by atoms with E-state index in [9.17, 15) is 9.59 Å². The molecule has 5 heteroatoms. The average Bonchev–Trinajstić information content (AvgIpc) is 2.36. The molecule has 0 saturated heterocycles. The highest BCUT2D eigenvalue weighted by Gasteiger charge is 2.09. The highest BCUT2D eigenvalue weighted by atomic mass is 16.6. The predicted molar refractivity (Wildman–Crippen MR) is 72.0 cm³/mol. The first-order valence-electron chi connectivity index (χ1n) is 5.91. The van der Waals surface area contributed by atoms with Gasteiger partial charge in [0, 0.05) is 17.7 Å². The van der Waals surface area contributed by atoms with Crippen LogP contribution in [0.2, 0.25) is 0 Å². The van der Waals surface area contributed by atoms with Crippen LogP contribution >= 0.6 is 0 Å². The van der Waals surface area contributed by atoms with Crippen LogP contribution in [0.5, 0.6) is 0 Å². The normalized spacial score (nSPS) is 12.6. The summed E-state index contributed by atoms with van der Waals surface area (Å²) in [6, 6.07) is 8.95. The molecule has 5 nitrogen and oxygen atoms in total. The summed E-state index contributed by atoms with van der Waals surface area (Å²) in [7, 11) is 0. The van der Waals surface area contributed by atoms with E-state index < -0.39 is 18.2 Å². The van der Waals surface area contributed by atoms with Gasteiger partial charge in [-0.1, -0.05) is 24.3 Å². The van der Waals surface area contributed by atoms with Gasteiger partial charge in [0.15, 0.2) is 0 Å². The highest BCUT2D eigenvalue weighted by molar-refractivity contribution is 5.86. The number of ether oxygens (including phenoxy) is 1. The molecule has 0 aliphatic heterocycles. The van der Waals surface area contributed by atoms with Gasteiger partial charge in [0.05, 0.1) is 0 Å². The molecule has 1 aromatic carbocycles. The maximum absolute atomic E-state index is 11.5. The van der Waals surface area contributed by atoms with Crippen molar-refractivity contribution in [1.29, 1.82) is 0 Å². The molecule has 1 atom stereocenters. The number of carbonyl (C=O) groups excluding carboxylic acids is 1. The van der Waals surface area contributed by atoms with Gasteiger partial charge in [0.25, 0.3) is 0 Å². The van der Waals surface area contributed by atoms with Crippen molar-refractivity contribution < 1.29 is 19.4 Å². The van der Waals surface area contributed by atoms with E-state index in [1.807, 2.05) is 6.07 Å². The second-order valence-electron chi connectivity index (χ2n) is 4.13. The van der Waals surface area contributed by atoms with Crippen molar-refractivity contribution in [3.8, 4) is 0 Å². The van der Waals surface area contributed by atoms with Crippen LogP contribution in [-0.4, -0.2) is 23.3 Å². The first kappa shape index (κ1) is 14.8. The highest BCUT2D eigenvalue weighted by Crippen LogP contribution is 2.08. The standard InChI is InChI=1S/C14H17NO4/c1-10(13(16)17)8-9-11(2)19-14(18)15-12-6-4-3-5-7-12/h3-8,11H,9H2,1-2H3,(H,15,18)(H,16,17). The quantitative estimate of drug-likeness (QED) is 0.800. The van der Waals surface area contributed by atoms with E-state index in [4.69, 9.17) is 9.84 Å². The Bertz CT molecular complexity index is 468. The van der Waals surface area contributed by atoms with Gasteiger partial charge in [-0.05, 0) is 26.0 Å². The van der Waals surface area contributed by atoms with Gasteiger partial charge in [0.2, 0.25) is 0 Å². The minimum atomic E-state index is -0.971. The number of hydrogen-bond acceptors (Lipinski definition) is 3. The smallest absolute Gasteiger partial charge is 0.411 e. The van der Waals surface area contributed by atoms with Crippen molar-refractivity contribution in [2.45, 2.75) is 26.4 Å². The fourth-order valence-corrected chi connectivity index (χ4v) is 1.33. The molecule has 0 bridgehead atoms. The Balaban J connectivity index is 2.40. The van der Waals surface area contributed by atoms with Gasteiger partial charge in [-0.3, -0.25) is 5.32 Å². The summed E-state index contributed by atoms with van der Waals surface area (Å²) in [5.41, 5.74) is 0.885. The number of amides is 1. The third-order valence-corrected chi connectivity index (χ3v) is 2.42. The van der Waals surface area contributed by atoms with Crippen molar-refractivity contribution in [1.82, 2.24) is 0 Å². The number of para-hydroxylation sites is 1. The number of aliphatic carboxylic acids is 1. The fraction of sp³-hybridized carbons (Fsp3) is 0.286. The zero-order valence-electron chi connectivity index (χ0n) is 10.9. The summed E-state index contributed by atoms with van der Waals surface area (Å²) < 4.78 is 5.10. The predicted octanol–water partition coefficient (Wildman–Crippen LogP) is 3.04. The van der Waals surface area contributed by atoms with E-state index in [1.165, 1.54) is 13.0 Å². The number of benzene rings is 1. The molecule has 0 saturated carbocycles. The van der Waals surface area contributed by atoms with Crippen LogP contribution in [-0.2, 0) is 9.53 Å². The summed E-state index contributed by atoms with van der Waals surface area (Å²) >= 11 is 0. The largest absolute Gasteiger partial charge is 0.478 e. The molecule has 1 unspecified atom stereocenters. The average molecular weight is 263 g/mol. The number of anilines is 1. The summed E-state index contributed by atoms with van der Waals surface area (Å²) in [4.78, 5) is 22.1. The molecule has 1 amide bonds. The third kappa shape index (κ3) is 5.72. The second-order valence-corrected chi connectivity index (χ2v) is 4.13. The molecule has 0 radical (unpaired) electrons. The van der Waals surface area contributed by atoms with Crippen molar-refractivity contribution in [3.05, 3.63) is 42.0 Å². The van der Waals surface area contributed by atoms with Crippen molar-refractivity contribution in [2.24, 2.45) is 0 Å². The fourth-order valence-electron chi connectivity index (χ4n) is 1.33. The summed E-state index contributed by atoms with van der Waals surface area (Å²) in [5, 5.41) is 11.3. The van der Waals surface area contributed by atoms with Crippen LogP contribution in [0.1, 0.15) is 20.3 Å². The van der Waals surface area contributed by atoms with Gasteiger partial charge in [-0.15, -0.1) is 0 Å². The molecule has 1 aromatic rings. The molecule has 102 valence electrons. The van der Waals surface area contributed by atoms with Gasteiger partial charge in [-0.2, -0.15) is 0 Å².